The zero-order valence-electron chi connectivity index (χ0n) is 13.0. The van der Waals surface area contributed by atoms with Crippen LogP contribution in [0.5, 0.6) is 0 Å². The minimum atomic E-state index is -0.715. The van der Waals surface area contributed by atoms with Crippen molar-refractivity contribution in [3.05, 3.63) is 76.2 Å². The summed E-state index contributed by atoms with van der Waals surface area (Å²) in [5.41, 5.74) is 6.16. The van der Waals surface area contributed by atoms with Crippen LogP contribution in [0, 0.1) is 10.1 Å². The molecule has 0 atom stereocenters. The van der Waals surface area contributed by atoms with Gasteiger partial charge in [0.1, 0.15) is 5.69 Å². The fourth-order valence-electron chi connectivity index (χ4n) is 2.24. The first-order chi connectivity index (χ1) is 12.0. The minimum absolute atomic E-state index is 0.0856. The second-order valence-electron chi connectivity index (χ2n) is 5.18. The number of rotatable bonds is 6. The zero-order valence-corrected chi connectivity index (χ0v) is 13.0. The van der Waals surface area contributed by atoms with Crippen molar-refractivity contribution < 1.29 is 9.72 Å². The Morgan fingerprint density at radius 3 is 2.76 bits per heavy atom. The van der Waals surface area contributed by atoms with Gasteiger partial charge in [-0.3, -0.25) is 14.9 Å². The fraction of sp³-hybridized carbons (Fsp3) is 0.0625. The van der Waals surface area contributed by atoms with Gasteiger partial charge in [0.05, 0.1) is 4.92 Å². The quantitative estimate of drug-likeness (QED) is 0.521. The first-order valence-corrected chi connectivity index (χ1v) is 7.31. The van der Waals surface area contributed by atoms with Crippen molar-refractivity contribution >= 4 is 17.3 Å². The SMILES string of the molecule is NC(=O)c1ccc(NCc2ccc(-n3cccn3)nc2)c([N+](=O)[O-])c1. The molecule has 9 nitrogen and oxygen atoms in total. The number of anilines is 1. The Kier molecular flexibility index (Phi) is 4.38. The summed E-state index contributed by atoms with van der Waals surface area (Å²) in [5.74, 6) is -0.0430. The Balaban J connectivity index is 1.75. The summed E-state index contributed by atoms with van der Waals surface area (Å²) in [5, 5.41) is 18.2. The third-order valence-corrected chi connectivity index (χ3v) is 3.51. The Bertz CT molecular complexity index is 906. The molecule has 2 aromatic heterocycles. The first-order valence-electron chi connectivity index (χ1n) is 7.31. The molecule has 25 heavy (non-hydrogen) atoms. The summed E-state index contributed by atoms with van der Waals surface area (Å²) in [4.78, 5) is 26.1. The summed E-state index contributed by atoms with van der Waals surface area (Å²) in [6.07, 6.45) is 5.10. The van der Waals surface area contributed by atoms with E-state index in [1.165, 1.54) is 12.1 Å². The minimum Gasteiger partial charge on any atom is -0.375 e. The Morgan fingerprint density at radius 1 is 1.32 bits per heavy atom. The Morgan fingerprint density at radius 2 is 2.16 bits per heavy atom. The van der Waals surface area contributed by atoms with Crippen molar-refractivity contribution in [1.82, 2.24) is 14.8 Å². The third kappa shape index (κ3) is 3.61. The molecule has 0 saturated carbocycles. The van der Waals surface area contributed by atoms with E-state index in [1.807, 2.05) is 6.07 Å². The average molecular weight is 338 g/mol. The average Bonchev–Trinajstić information content (AvgIpc) is 3.14. The first kappa shape index (κ1) is 16.1. The number of nitro groups is 1. The second-order valence-corrected chi connectivity index (χ2v) is 5.18. The lowest BCUT2D eigenvalue weighted by Gasteiger charge is -2.08. The molecule has 0 aliphatic rings. The van der Waals surface area contributed by atoms with Gasteiger partial charge in [0.25, 0.3) is 5.69 Å². The molecule has 0 saturated heterocycles. The summed E-state index contributed by atoms with van der Waals surface area (Å²) in [7, 11) is 0. The summed E-state index contributed by atoms with van der Waals surface area (Å²) in [6.45, 7) is 0.336. The number of nitrogens with two attached hydrogens (primary N) is 1. The lowest BCUT2D eigenvalue weighted by molar-refractivity contribution is -0.384. The van der Waals surface area contributed by atoms with E-state index < -0.39 is 10.8 Å². The lowest BCUT2D eigenvalue weighted by Crippen LogP contribution is -2.12. The molecule has 3 N–H and O–H groups in total. The van der Waals surface area contributed by atoms with Gasteiger partial charge >= 0.3 is 0 Å². The van der Waals surface area contributed by atoms with Crippen LogP contribution in [0.15, 0.2) is 55.0 Å². The number of aromatic nitrogens is 3. The third-order valence-electron chi connectivity index (χ3n) is 3.51. The van der Waals surface area contributed by atoms with E-state index in [9.17, 15) is 14.9 Å². The number of nitro benzene ring substituents is 1. The van der Waals surface area contributed by atoms with E-state index >= 15 is 0 Å². The molecule has 0 bridgehead atoms. The highest BCUT2D eigenvalue weighted by atomic mass is 16.6. The second kappa shape index (κ2) is 6.79. The largest absolute Gasteiger partial charge is 0.375 e. The lowest BCUT2D eigenvalue weighted by atomic mass is 10.1. The van der Waals surface area contributed by atoms with Gasteiger partial charge in [-0.15, -0.1) is 0 Å². The molecule has 0 fully saturated rings. The van der Waals surface area contributed by atoms with E-state index in [2.05, 4.69) is 15.4 Å². The van der Waals surface area contributed by atoms with Gasteiger partial charge in [0.2, 0.25) is 5.91 Å². The van der Waals surface area contributed by atoms with Crippen molar-refractivity contribution in [3.8, 4) is 5.82 Å². The van der Waals surface area contributed by atoms with E-state index in [0.717, 1.165) is 11.6 Å². The van der Waals surface area contributed by atoms with Crippen LogP contribution >= 0.6 is 0 Å². The molecular formula is C16H14N6O3. The molecule has 0 aliphatic carbocycles. The predicted molar refractivity (Wildman–Crippen MR) is 90.3 cm³/mol. The van der Waals surface area contributed by atoms with E-state index in [0.29, 0.717) is 18.1 Å². The van der Waals surface area contributed by atoms with E-state index in [1.54, 1.807) is 35.4 Å². The molecule has 0 radical (unpaired) electrons. The van der Waals surface area contributed by atoms with Crippen LogP contribution in [0.1, 0.15) is 15.9 Å². The number of carbonyl (C=O) groups is 1. The van der Waals surface area contributed by atoms with Crippen molar-refractivity contribution in [1.29, 1.82) is 0 Å². The molecule has 3 rings (SSSR count). The van der Waals surface area contributed by atoms with Gasteiger partial charge in [-0.25, -0.2) is 9.67 Å². The molecule has 9 heteroatoms. The van der Waals surface area contributed by atoms with Crippen molar-refractivity contribution in [2.75, 3.05) is 5.32 Å². The highest BCUT2D eigenvalue weighted by molar-refractivity contribution is 5.94. The maximum Gasteiger partial charge on any atom is 0.293 e. The van der Waals surface area contributed by atoms with Crippen LogP contribution in [0.3, 0.4) is 0 Å². The zero-order chi connectivity index (χ0) is 17.8. The fourth-order valence-corrected chi connectivity index (χ4v) is 2.24. The molecule has 3 aromatic rings. The smallest absolute Gasteiger partial charge is 0.293 e. The van der Waals surface area contributed by atoms with E-state index in [-0.39, 0.29) is 11.3 Å². The van der Waals surface area contributed by atoms with Gasteiger partial charge in [-0.1, -0.05) is 6.07 Å². The highest BCUT2D eigenvalue weighted by Crippen LogP contribution is 2.26. The number of carbonyl (C=O) groups excluding carboxylic acids is 1. The van der Waals surface area contributed by atoms with Crippen LogP contribution < -0.4 is 11.1 Å². The Labute approximate surface area is 142 Å². The van der Waals surface area contributed by atoms with Crippen LogP contribution in [0.25, 0.3) is 5.82 Å². The molecule has 1 aromatic carbocycles. The normalized spacial score (nSPS) is 10.4. The predicted octanol–water partition coefficient (Wildman–Crippen LogP) is 1.89. The van der Waals surface area contributed by atoms with Crippen molar-refractivity contribution in [2.24, 2.45) is 5.73 Å². The topological polar surface area (TPSA) is 129 Å². The molecule has 126 valence electrons. The number of nitrogens with one attached hydrogen (secondary N) is 1. The number of hydrogen-bond acceptors (Lipinski definition) is 6. The number of primary amides is 1. The van der Waals surface area contributed by atoms with Gasteiger partial charge in [-0.05, 0) is 29.8 Å². The highest BCUT2D eigenvalue weighted by Gasteiger charge is 2.16. The van der Waals surface area contributed by atoms with Crippen LogP contribution in [0.2, 0.25) is 0 Å². The molecule has 0 unspecified atom stereocenters. The molecule has 0 aliphatic heterocycles. The van der Waals surface area contributed by atoms with Crippen molar-refractivity contribution in [3.63, 3.8) is 0 Å². The molecule has 2 heterocycles. The van der Waals surface area contributed by atoms with Crippen LogP contribution in [-0.2, 0) is 6.54 Å². The molecular weight excluding hydrogens is 324 g/mol. The van der Waals surface area contributed by atoms with Gasteiger partial charge in [-0.2, -0.15) is 5.10 Å². The van der Waals surface area contributed by atoms with Crippen molar-refractivity contribution in [2.45, 2.75) is 6.54 Å². The number of benzene rings is 1. The number of pyridine rings is 1. The number of hydrogen-bond donors (Lipinski definition) is 2. The maximum atomic E-state index is 11.2. The number of amides is 1. The van der Waals surface area contributed by atoms with Gasteiger partial charge < -0.3 is 11.1 Å². The summed E-state index contributed by atoms with van der Waals surface area (Å²) >= 11 is 0. The van der Waals surface area contributed by atoms with Gasteiger partial charge in [0, 0.05) is 36.8 Å². The standard InChI is InChI=1S/C16H14N6O3/c17-16(23)12-3-4-13(14(8-12)22(24)25)18-9-11-2-5-15(19-10-11)21-7-1-6-20-21/h1-8,10,18H,9H2,(H2,17,23). The Hall–Kier alpha value is -3.75. The molecule has 0 spiro atoms. The molecule has 1 amide bonds. The monoisotopic (exact) mass is 338 g/mol. The maximum absolute atomic E-state index is 11.2. The van der Waals surface area contributed by atoms with E-state index in [4.69, 9.17) is 5.73 Å². The number of nitrogens with zero attached hydrogens (tertiary/aromatic N) is 4. The van der Waals surface area contributed by atoms with Crippen LogP contribution in [0.4, 0.5) is 11.4 Å². The van der Waals surface area contributed by atoms with Crippen LogP contribution in [-0.4, -0.2) is 25.6 Å². The summed E-state index contributed by atoms with van der Waals surface area (Å²) < 4.78 is 1.63. The van der Waals surface area contributed by atoms with Gasteiger partial charge in [0.15, 0.2) is 5.82 Å². The summed E-state index contributed by atoms with van der Waals surface area (Å²) in [6, 6.07) is 9.51.